The number of carbonyl (C=O) groups is 1. The SMILES string of the molecule is CNc1ccc(C(=O)NCCCc2ncn[nH]2)cc1C. The van der Waals surface area contributed by atoms with Crippen molar-refractivity contribution in [3.8, 4) is 0 Å². The number of benzene rings is 1. The van der Waals surface area contributed by atoms with Crippen molar-refractivity contribution >= 4 is 11.6 Å². The molecule has 0 radical (unpaired) electrons. The molecule has 1 aromatic carbocycles. The molecule has 0 aliphatic heterocycles. The van der Waals surface area contributed by atoms with Gasteiger partial charge in [-0.3, -0.25) is 9.89 Å². The monoisotopic (exact) mass is 273 g/mol. The quantitative estimate of drug-likeness (QED) is 0.697. The molecule has 0 aliphatic carbocycles. The highest BCUT2D eigenvalue weighted by molar-refractivity contribution is 5.94. The number of nitrogens with zero attached hydrogens (tertiary/aromatic N) is 2. The molecule has 1 amide bonds. The highest BCUT2D eigenvalue weighted by Gasteiger charge is 2.06. The number of amides is 1. The van der Waals surface area contributed by atoms with E-state index in [1.54, 1.807) is 0 Å². The summed E-state index contributed by atoms with van der Waals surface area (Å²) >= 11 is 0. The minimum Gasteiger partial charge on any atom is -0.388 e. The van der Waals surface area contributed by atoms with Crippen molar-refractivity contribution in [3.05, 3.63) is 41.5 Å². The molecule has 0 fully saturated rings. The maximum Gasteiger partial charge on any atom is 0.251 e. The third-order valence-electron chi connectivity index (χ3n) is 3.10. The van der Waals surface area contributed by atoms with Crippen LogP contribution in [-0.4, -0.2) is 34.7 Å². The van der Waals surface area contributed by atoms with Crippen LogP contribution in [0.2, 0.25) is 0 Å². The number of H-pyrrole nitrogens is 1. The maximum atomic E-state index is 12.0. The minimum absolute atomic E-state index is 0.0478. The third-order valence-corrected chi connectivity index (χ3v) is 3.10. The van der Waals surface area contributed by atoms with E-state index in [1.807, 2.05) is 32.2 Å². The zero-order valence-corrected chi connectivity index (χ0v) is 11.7. The first-order valence-electron chi connectivity index (χ1n) is 6.61. The van der Waals surface area contributed by atoms with E-state index in [9.17, 15) is 4.79 Å². The van der Waals surface area contributed by atoms with E-state index in [1.165, 1.54) is 6.33 Å². The van der Waals surface area contributed by atoms with Gasteiger partial charge in [-0.15, -0.1) is 0 Å². The standard InChI is InChI=1S/C14H19N5O/c1-10-8-11(5-6-12(10)15-2)14(20)16-7-3-4-13-17-9-18-19-13/h5-6,8-9,15H,3-4,7H2,1-2H3,(H,16,20)(H,17,18,19). The Morgan fingerprint density at radius 1 is 1.40 bits per heavy atom. The fourth-order valence-corrected chi connectivity index (χ4v) is 2.00. The van der Waals surface area contributed by atoms with Crippen LogP contribution in [0, 0.1) is 6.92 Å². The van der Waals surface area contributed by atoms with E-state index in [-0.39, 0.29) is 5.91 Å². The van der Waals surface area contributed by atoms with Crippen LogP contribution in [0.4, 0.5) is 5.69 Å². The van der Waals surface area contributed by atoms with Gasteiger partial charge < -0.3 is 10.6 Å². The van der Waals surface area contributed by atoms with Crippen LogP contribution in [0.15, 0.2) is 24.5 Å². The lowest BCUT2D eigenvalue weighted by Crippen LogP contribution is -2.25. The van der Waals surface area contributed by atoms with Crippen molar-refractivity contribution in [2.24, 2.45) is 0 Å². The van der Waals surface area contributed by atoms with E-state index < -0.39 is 0 Å². The highest BCUT2D eigenvalue weighted by Crippen LogP contribution is 2.15. The van der Waals surface area contributed by atoms with Crippen molar-refractivity contribution in [2.45, 2.75) is 19.8 Å². The van der Waals surface area contributed by atoms with Crippen LogP contribution in [0.5, 0.6) is 0 Å². The summed E-state index contributed by atoms with van der Waals surface area (Å²) < 4.78 is 0. The van der Waals surface area contributed by atoms with Crippen LogP contribution >= 0.6 is 0 Å². The second-order valence-electron chi connectivity index (χ2n) is 4.57. The molecular weight excluding hydrogens is 254 g/mol. The van der Waals surface area contributed by atoms with Crippen molar-refractivity contribution in [1.82, 2.24) is 20.5 Å². The maximum absolute atomic E-state index is 12.0. The number of hydrogen-bond acceptors (Lipinski definition) is 4. The number of hydrogen-bond donors (Lipinski definition) is 3. The predicted molar refractivity (Wildman–Crippen MR) is 77.8 cm³/mol. The van der Waals surface area contributed by atoms with E-state index in [0.29, 0.717) is 12.1 Å². The van der Waals surface area contributed by atoms with E-state index in [2.05, 4.69) is 25.8 Å². The fourth-order valence-electron chi connectivity index (χ4n) is 2.00. The lowest BCUT2D eigenvalue weighted by atomic mass is 10.1. The summed E-state index contributed by atoms with van der Waals surface area (Å²) in [6.07, 6.45) is 3.09. The van der Waals surface area contributed by atoms with Crippen LogP contribution < -0.4 is 10.6 Å². The summed E-state index contributed by atoms with van der Waals surface area (Å²) in [5, 5.41) is 12.6. The van der Waals surface area contributed by atoms with E-state index in [0.717, 1.165) is 29.9 Å². The van der Waals surface area contributed by atoms with Crippen LogP contribution in [0.1, 0.15) is 28.2 Å². The average molecular weight is 273 g/mol. The fraction of sp³-hybridized carbons (Fsp3) is 0.357. The first-order valence-corrected chi connectivity index (χ1v) is 6.61. The molecule has 0 atom stereocenters. The molecule has 0 spiro atoms. The van der Waals surface area contributed by atoms with Crippen molar-refractivity contribution in [3.63, 3.8) is 0 Å². The zero-order valence-electron chi connectivity index (χ0n) is 11.7. The van der Waals surface area contributed by atoms with Gasteiger partial charge in [-0.05, 0) is 37.1 Å². The Kier molecular flexibility index (Phi) is 4.70. The summed E-state index contributed by atoms with van der Waals surface area (Å²) in [7, 11) is 1.87. The lowest BCUT2D eigenvalue weighted by molar-refractivity contribution is 0.0953. The second-order valence-corrected chi connectivity index (χ2v) is 4.57. The Balaban J connectivity index is 1.81. The number of rotatable bonds is 6. The normalized spacial score (nSPS) is 10.3. The molecule has 0 saturated heterocycles. The Hall–Kier alpha value is -2.37. The van der Waals surface area contributed by atoms with Crippen LogP contribution in [0.3, 0.4) is 0 Å². The van der Waals surface area contributed by atoms with Gasteiger partial charge in [-0.1, -0.05) is 0 Å². The molecule has 1 aromatic heterocycles. The van der Waals surface area contributed by atoms with Crippen LogP contribution in [-0.2, 0) is 6.42 Å². The van der Waals surface area contributed by atoms with Gasteiger partial charge in [0, 0.05) is 31.3 Å². The molecule has 0 aliphatic rings. The number of nitrogens with one attached hydrogen (secondary N) is 3. The molecule has 3 N–H and O–H groups in total. The summed E-state index contributed by atoms with van der Waals surface area (Å²) in [5.74, 6) is 0.793. The van der Waals surface area contributed by atoms with Gasteiger partial charge in [0.05, 0.1) is 0 Å². The number of carbonyl (C=O) groups excluding carboxylic acids is 1. The largest absolute Gasteiger partial charge is 0.388 e. The molecule has 106 valence electrons. The lowest BCUT2D eigenvalue weighted by Gasteiger charge is -2.08. The van der Waals surface area contributed by atoms with Crippen molar-refractivity contribution in [2.75, 3.05) is 18.9 Å². The molecule has 6 heteroatoms. The topological polar surface area (TPSA) is 82.7 Å². The Morgan fingerprint density at radius 3 is 2.90 bits per heavy atom. The summed E-state index contributed by atoms with van der Waals surface area (Å²) in [6.45, 7) is 2.60. The molecule has 0 unspecified atom stereocenters. The Bertz CT molecular complexity index is 565. The van der Waals surface area contributed by atoms with Gasteiger partial charge in [0.1, 0.15) is 12.2 Å². The van der Waals surface area contributed by atoms with Gasteiger partial charge >= 0.3 is 0 Å². The zero-order chi connectivity index (χ0) is 14.4. The van der Waals surface area contributed by atoms with Crippen molar-refractivity contribution < 1.29 is 4.79 Å². The van der Waals surface area contributed by atoms with Gasteiger partial charge in [0.2, 0.25) is 0 Å². The Morgan fingerprint density at radius 2 is 2.25 bits per heavy atom. The predicted octanol–water partition coefficient (Wildman–Crippen LogP) is 1.52. The Labute approximate surface area is 118 Å². The first kappa shape index (κ1) is 14.0. The van der Waals surface area contributed by atoms with E-state index in [4.69, 9.17) is 0 Å². The van der Waals surface area contributed by atoms with E-state index >= 15 is 0 Å². The highest BCUT2D eigenvalue weighted by atomic mass is 16.1. The molecule has 20 heavy (non-hydrogen) atoms. The number of aromatic amines is 1. The van der Waals surface area contributed by atoms with Crippen LogP contribution in [0.25, 0.3) is 0 Å². The number of aromatic nitrogens is 3. The molecule has 0 saturated carbocycles. The number of aryl methyl sites for hydroxylation is 2. The summed E-state index contributed by atoms with van der Waals surface area (Å²) in [5.41, 5.74) is 2.77. The number of anilines is 1. The third kappa shape index (κ3) is 3.57. The van der Waals surface area contributed by atoms with Crippen molar-refractivity contribution in [1.29, 1.82) is 0 Å². The summed E-state index contributed by atoms with van der Waals surface area (Å²) in [4.78, 5) is 16.0. The second kappa shape index (κ2) is 6.70. The first-order chi connectivity index (χ1) is 9.70. The minimum atomic E-state index is -0.0478. The van der Waals surface area contributed by atoms with Gasteiger partial charge in [0.25, 0.3) is 5.91 Å². The molecule has 0 bridgehead atoms. The molecule has 2 aromatic rings. The van der Waals surface area contributed by atoms with Gasteiger partial charge in [-0.2, -0.15) is 5.10 Å². The smallest absolute Gasteiger partial charge is 0.251 e. The molecule has 1 heterocycles. The average Bonchev–Trinajstić information content (AvgIpc) is 2.96. The van der Waals surface area contributed by atoms with Gasteiger partial charge in [0.15, 0.2) is 0 Å². The molecular formula is C14H19N5O. The summed E-state index contributed by atoms with van der Waals surface area (Å²) in [6, 6.07) is 5.63. The molecule has 2 rings (SSSR count). The van der Waals surface area contributed by atoms with Gasteiger partial charge in [-0.25, -0.2) is 4.98 Å². The molecule has 6 nitrogen and oxygen atoms in total.